The van der Waals surface area contributed by atoms with Gasteiger partial charge < -0.3 is 4.90 Å². The molecule has 0 aromatic heterocycles. The van der Waals surface area contributed by atoms with Gasteiger partial charge in [0.2, 0.25) is 5.69 Å². The average molecular weight is 417 g/mol. The summed E-state index contributed by atoms with van der Waals surface area (Å²) in [7, 11) is 1.83. The Morgan fingerprint density at radius 3 is 2.03 bits per heavy atom. The number of benzene rings is 2. The molecule has 11 nitrogen and oxygen atoms in total. The molecule has 1 aliphatic rings. The highest BCUT2D eigenvalue weighted by Gasteiger charge is 2.39. The first-order valence-electron chi connectivity index (χ1n) is 8.25. The lowest BCUT2D eigenvalue weighted by atomic mass is 10.0. The molecular formula is C17H15N5O6S. The predicted molar refractivity (Wildman–Crippen MR) is 108 cm³/mol. The Hall–Kier alpha value is -3.54. The Labute approximate surface area is 168 Å². The molecule has 150 valence electrons. The third-order valence-corrected chi connectivity index (χ3v) is 6.02. The summed E-state index contributed by atoms with van der Waals surface area (Å²) in [5, 5.41) is 34.5. The van der Waals surface area contributed by atoms with Crippen LogP contribution in [-0.4, -0.2) is 32.4 Å². The standard InChI is InChI=1S/C17H15N5O6S/c1-17(2)16(29-14-7-5-4-6-11(14)19(17)3)18-15-12(21(25)26)8-10(20(23)24)9-13(15)22(27)28/h4-9H,1-3H3. The van der Waals surface area contributed by atoms with Crippen LogP contribution in [0.3, 0.4) is 0 Å². The minimum Gasteiger partial charge on any atom is -0.362 e. The van der Waals surface area contributed by atoms with Crippen LogP contribution in [0.15, 0.2) is 46.3 Å². The molecule has 12 heteroatoms. The molecule has 0 fully saturated rings. The normalized spacial score (nSPS) is 16.4. The maximum atomic E-state index is 11.5. The SMILES string of the molecule is CN1c2ccccc2SC(=Nc2c([N+](=O)[O-])cc([N+](=O)[O-])cc2[N+](=O)[O-])C1(C)C. The number of thioether (sulfide) groups is 1. The van der Waals surface area contributed by atoms with Crippen LogP contribution in [0, 0.1) is 30.3 Å². The lowest BCUT2D eigenvalue weighted by Gasteiger charge is -2.42. The number of nitro benzene ring substituents is 3. The summed E-state index contributed by atoms with van der Waals surface area (Å²) in [6.07, 6.45) is 0. The van der Waals surface area contributed by atoms with E-state index in [4.69, 9.17) is 0 Å². The van der Waals surface area contributed by atoms with Crippen molar-refractivity contribution in [2.24, 2.45) is 4.99 Å². The molecule has 0 saturated carbocycles. The molecule has 0 spiro atoms. The third-order valence-electron chi connectivity index (χ3n) is 4.67. The van der Waals surface area contributed by atoms with Crippen molar-refractivity contribution < 1.29 is 14.8 Å². The van der Waals surface area contributed by atoms with Crippen LogP contribution in [-0.2, 0) is 0 Å². The number of hydrogen-bond donors (Lipinski definition) is 0. The van der Waals surface area contributed by atoms with E-state index in [9.17, 15) is 30.3 Å². The van der Waals surface area contributed by atoms with Gasteiger partial charge in [-0.15, -0.1) is 0 Å². The van der Waals surface area contributed by atoms with Gasteiger partial charge in [-0.05, 0) is 26.0 Å². The van der Waals surface area contributed by atoms with E-state index in [0.717, 1.165) is 10.6 Å². The minimum atomic E-state index is -0.916. The molecule has 0 unspecified atom stereocenters. The van der Waals surface area contributed by atoms with Gasteiger partial charge >= 0.3 is 11.4 Å². The van der Waals surface area contributed by atoms with Crippen molar-refractivity contribution in [2.45, 2.75) is 24.3 Å². The molecule has 0 aliphatic carbocycles. The zero-order valence-corrected chi connectivity index (χ0v) is 16.4. The van der Waals surface area contributed by atoms with Crippen molar-refractivity contribution in [3.05, 3.63) is 66.7 Å². The number of para-hydroxylation sites is 1. The maximum Gasteiger partial charge on any atom is 0.308 e. The molecule has 1 aliphatic heterocycles. The first kappa shape index (κ1) is 20.2. The van der Waals surface area contributed by atoms with Crippen molar-refractivity contribution in [1.29, 1.82) is 0 Å². The van der Waals surface area contributed by atoms with Crippen molar-refractivity contribution in [2.75, 3.05) is 11.9 Å². The third kappa shape index (κ3) is 3.49. The number of anilines is 1. The molecule has 0 bridgehead atoms. The molecule has 29 heavy (non-hydrogen) atoms. The van der Waals surface area contributed by atoms with Crippen LogP contribution in [0.1, 0.15) is 13.8 Å². The Bertz CT molecular complexity index is 1050. The van der Waals surface area contributed by atoms with E-state index < -0.39 is 43.1 Å². The molecule has 0 amide bonds. The van der Waals surface area contributed by atoms with Gasteiger partial charge in [0.05, 0.1) is 38.1 Å². The monoisotopic (exact) mass is 417 g/mol. The van der Waals surface area contributed by atoms with E-state index in [1.54, 1.807) is 0 Å². The van der Waals surface area contributed by atoms with E-state index in [0.29, 0.717) is 17.2 Å². The summed E-state index contributed by atoms with van der Waals surface area (Å²) in [6.45, 7) is 3.66. The lowest BCUT2D eigenvalue weighted by molar-refractivity contribution is -0.402. The molecule has 0 radical (unpaired) electrons. The van der Waals surface area contributed by atoms with Crippen LogP contribution in [0.25, 0.3) is 0 Å². The van der Waals surface area contributed by atoms with Crippen LogP contribution in [0.5, 0.6) is 0 Å². The largest absolute Gasteiger partial charge is 0.362 e. The van der Waals surface area contributed by atoms with Gasteiger partial charge in [0.25, 0.3) is 5.69 Å². The van der Waals surface area contributed by atoms with Gasteiger partial charge in [-0.3, -0.25) is 30.3 Å². The van der Waals surface area contributed by atoms with Crippen molar-refractivity contribution >= 4 is 45.2 Å². The summed E-state index contributed by atoms with van der Waals surface area (Å²) in [5.41, 5.74) is -2.66. The Morgan fingerprint density at radius 1 is 0.966 bits per heavy atom. The van der Waals surface area contributed by atoms with Crippen molar-refractivity contribution in [1.82, 2.24) is 0 Å². The maximum absolute atomic E-state index is 11.5. The van der Waals surface area contributed by atoms with Gasteiger partial charge in [-0.1, -0.05) is 23.9 Å². The summed E-state index contributed by atoms with van der Waals surface area (Å²) < 4.78 is 0. The smallest absolute Gasteiger partial charge is 0.308 e. The van der Waals surface area contributed by atoms with Crippen molar-refractivity contribution in [3.8, 4) is 0 Å². The number of fused-ring (bicyclic) bond motifs is 1. The highest BCUT2D eigenvalue weighted by Crippen LogP contribution is 2.46. The molecule has 0 N–H and O–H groups in total. The fraction of sp³-hybridized carbons (Fsp3) is 0.235. The number of aliphatic imine (C=N–C) groups is 1. The Morgan fingerprint density at radius 2 is 1.52 bits per heavy atom. The molecule has 2 aromatic rings. The molecular weight excluding hydrogens is 402 g/mol. The second-order valence-electron chi connectivity index (χ2n) is 6.71. The number of rotatable bonds is 4. The van der Waals surface area contributed by atoms with Gasteiger partial charge in [0.15, 0.2) is 0 Å². The minimum absolute atomic E-state index is 0.388. The number of nitrogens with zero attached hydrogens (tertiary/aromatic N) is 5. The highest BCUT2D eigenvalue weighted by molar-refractivity contribution is 8.14. The van der Waals surface area contributed by atoms with Gasteiger partial charge in [0, 0.05) is 11.9 Å². The van der Waals surface area contributed by atoms with Gasteiger partial charge in [-0.2, -0.15) is 0 Å². The fourth-order valence-electron chi connectivity index (χ4n) is 2.84. The zero-order valence-electron chi connectivity index (χ0n) is 15.6. The molecule has 0 atom stereocenters. The van der Waals surface area contributed by atoms with Gasteiger partial charge in [0.1, 0.15) is 5.04 Å². The summed E-state index contributed by atoms with van der Waals surface area (Å²) >= 11 is 1.24. The van der Waals surface area contributed by atoms with Crippen LogP contribution in [0.2, 0.25) is 0 Å². The molecule has 1 heterocycles. The van der Waals surface area contributed by atoms with E-state index in [1.165, 1.54) is 11.8 Å². The zero-order chi connectivity index (χ0) is 21.5. The number of hydrogen-bond acceptors (Lipinski definition) is 9. The van der Waals surface area contributed by atoms with Crippen LogP contribution < -0.4 is 4.90 Å². The summed E-state index contributed by atoms with van der Waals surface area (Å²) in [6, 6.07) is 8.83. The van der Waals surface area contributed by atoms with Crippen LogP contribution >= 0.6 is 11.8 Å². The van der Waals surface area contributed by atoms with Crippen molar-refractivity contribution in [3.63, 3.8) is 0 Å². The van der Waals surface area contributed by atoms with E-state index in [2.05, 4.69) is 4.99 Å². The second kappa shape index (κ2) is 7.13. The Balaban J connectivity index is 2.28. The van der Waals surface area contributed by atoms with E-state index in [1.807, 2.05) is 50.1 Å². The first-order valence-corrected chi connectivity index (χ1v) is 9.06. The predicted octanol–water partition coefficient (Wildman–Crippen LogP) is 4.46. The summed E-state index contributed by atoms with van der Waals surface area (Å²) in [5.74, 6) is 0. The van der Waals surface area contributed by atoms with Gasteiger partial charge in [-0.25, -0.2) is 4.99 Å². The average Bonchev–Trinajstić information content (AvgIpc) is 2.65. The fourth-order valence-corrected chi connectivity index (χ4v) is 4.03. The number of nitro groups is 3. The lowest BCUT2D eigenvalue weighted by Crippen LogP contribution is -2.49. The van der Waals surface area contributed by atoms with Crippen LogP contribution in [0.4, 0.5) is 28.4 Å². The first-order chi connectivity index (χ1) is 13.5. The van der Waals surface area contributed by atoms with E-state index in [-0.39, 0.29) is 0 Å². The topological polar surface area (TPSA) is 145 Å². The molecule has 0 saturated heterocycles. The highest BCUT2D eigenvalue weighted by atomic mass is 32.2. The summed E-state index contributed by atoms with van der Waals surface area (Å²) in [4.78, 5) is 38.4. The molecule has 2 aromatic carbocycles. The number of non-ortho nitro benzene ring substituents is 1. The second-order valence-corrected chi connectivity index (χ2v) is 7.74. The van der Waals surface area contributed by atoms with E-state index >= 15 is 0 Å². The quantitative estimate of drug-likeness (QED) is 0.523. The Kier molecular flexibility index (Phi) is 4.96. The molecule has 3 rings (SSSR count).